The Bertz CT molecular complexity index is 4080. The highest BCUT2D eigenvalue weighted by molar-refractivity contribution is 7.26. The van der Waals surface area contributed by atoms with Gasteiger partial charge in [0.2, 0.25) is 0 Å². The summed E-state index contributed by atoms with van der Waals surface area (Å²) in [7, 11) is 0. The van der Waals surface area contributed by atoms with Crippen LogP contribution in [0.4, 0.5) is 0 Å². The maximum atomic E-state index is 12.1. The minimum atomic E-state index is -0.393. The van der Waals surface area contributed by atoms with Crippen LogP contribution in [0.3, 0.4) is 0 Å². The van der Waals surface area contributed by atoms with Crippen molar-refractivity contribution in [2.45, 2.75) is 39.5 Å². The van der Waals surface area contributed by atoms with E-state index in [9.17, 15) is 9.59 Å². The third-order valence-electron chi connectivity index (χ3n) is 13.2. The average molecular weight is 945 g/mol. The molecule has 0 unspecified atom stereocenters. The second kappa shape index (κ2) is 18.9. The van der Waals surface area contributed by atoms with Crippen molar-refractivity contribution in [1.82, 2.24) is 0 Å². The van der Waals surface area contributed by atoms with Gasteiger partial charge in [-0.3, -0.25) is 0 Å². The molecule has 2 aromatic heterocycles. The van der Waals surface area contributed by atoms with Crippen molar-refractivity contribution in [2.75, 3.05) is 0 Å². The molecule has 4 nitrogen and oxygen atoms in total. The van der Waals surface area contributed by atoms with E-state index in [1.165, 1.54) is 94.6 Å². The third-order valence-corrected chi connectivity index (χ3v) is 15.7. The first-order valence-electron chi connectivity index (χ1n) is 23.6. The van der Waals surface area contributed by atoms with Gasteiger partial charge >= 0.3 is 11.9 Å². The molecule has 2 heterocycles. The van der Waals surface area contributed by atoms with Crippen LogP contribution in [0.2, 0.25) is 0 Å². The van der Waals surface area contributed by atoms with E-state index in [-0.39, 0.29) is 5.97 Å². The highest BCUT2D eigenvalue weighted by Gasteiger charge is 2.19. The molecular formula is C64H48O4S2. The number of esters is 2. The van der Waals surface area contributed by atoms with Crippen LogP contribution in [0.15, 0.2) is 206 Å². The number of rotatable bonds is 10. The van der Waals surface area contributed by atoms with Gasteiger partial charge in [-0.1, -0.05) is 153 Å². The first-order valence-corrected chi connectivity index (χ1v) is 25.2. The summed E-state index contributed by atoms with van der Waals surface area (Å²) in [6.07, 6.45) is 3.40. The molecule has 70 heavy (non-hydrogen) atoms. The molecule has 0 radical (unpaired) electrons. The Balaban J connectivity index is 0.000000152. The smallest absolute Gasteiger partial charge is 0.338 e. The summed E-state index contributed by atoms with van der Waals surface area (Å²) in [5, 5.41) is 15.7. The minimum Gasteiger partial charge on any atom is -0.423 e. The number of thiophene rings is 2. The molecule has 0 aliphatic carbocycles. The first kappa shape index (κ1) is 44.6. The highest BCUT2D eigenvalue weighted by atomic mass is 32.1. The lowest BCUT2D eigenvalue weighted by atomic mass is 9.95. The Labute approximate surface area is 414 Å². The number of benzene rings is 10. The third kappa shape index (κ3) is 8.51. The van der Waals surface area contributed by atoms with E-state index in [0.717, 1.165) is 36.8 Å². The topological polar surface area (TPSA) is 52.6 Å². The molecule has 0 amide bonds. The zero-order valence-corrected chi connectivity index (χ0v) is 40.6. The van der Waals surface area contributed by atoms with Gasteiger partial charge in [0.1, 0.15) is 11.5 Å². The van der Waals surface area contributed by atoms with Gasteiger partial charge in [0, 0.05) is 51.5 Å². The van der Waals surface area contributed by atoms with Gasteiger partial charge in [-0.2, -0.15) is 0 Å². The van der Waals surface area contributed by atoms with E-state index in [0.29, 0.717) is 22.6 Å². The summed E-state index contributed by atoms with van der Waals surface area (Å²) < 4.78 is 16.4. The maximum absolute atomic E-state index is 12.1. The van der Waals surface area contributed by atoms with Crippen LogP contribution in [-0.2, 0) is 35.3 Å². The molecule has 0 fully saturated rings. The van der Waals surface area contributed by atoms with Crippen molar-refractivity contribution >= 4 is 118 Å². The van der Waals surface area contributed by atoms with Crippen LogP contribution in [0, 0.1) is 0 Å². The van der Waals surface area contributed by atoms with Crippen LogP contribution in [0.1, 0.15) is 36.1 Å². The molecule has 0 aliphatic heterocycles. The SMILES string of the molecule is C=C(C)C(=O)Oc1cccc(CCc2cc3ccccc3c3c2sc2ccc4ccccc4c23)c1.C=C(C)C(=O)Oc1ccccc1CCc1cc2ccccc2c2c1sc1ccc3ccccc3c12. The van der Waals surface area contributed by atoms with Crippen molar-refractivity contribution in [3.8, 4) is 11.5 Å². The van der Waals surface area contributed by atoms with E-state index in [1.807, 2.05) is 65.1 Å². The van der Waals surface area contributed by atoms with E-state index >= 15 is 0 Å². The van der Waals surface area contributed by atoms with Gasteiger partial charge < -0.3 is 9.47 Å². The van der Waals surface area contributed by atoms with Crippen LogP contribution in [0.25, 0.3) is 83.4 Å². The van der Waals surface area contributed by atoms with Crippen molar-refractivity contribution in [1.29, 1.82) is 0 Å². The van der Waals surface area contributed by atoms with Gasteiger partial charge in [-0.25, -0.2) is 9.59 Å². The molecule has 12 aromatic rings. The molecule has 340 valence electrons. The number of hydrogen-bond acceptors (Lipinski definition) is 6. The summed E-state index contributed by atoms with van der Waals surface area (Å²) in [5.74, 6) is 0.394. The van der Waals surface area contributed by atoms with Gasteiger partial charge in [0.15, 0.2) is 0 Å². The molecule has 12 rings (SSSR count). The lowest BCUT2D eigenvalue weighted by Crippen LogP contribution is -2.10. The summed E-state index contributed by atoms with van der Waals surface area (Å²) in [5.41, 5.74) is 5.64. The van der Waals surface area contributed by atoms with E-state index in [2.05, 4.69) is 153 Å². The lowest BCUT2D eigenvalue weighted by Gasteiger charge is -2.12. The standard InChI is InChI=1S/2C32H24O2S/c1-20(2)32(33)34-27-14-8-5-10-22(27)15-16-24-19-23-11-4-7-13-26(23)30-29-25-12-6-3-9-21(25)17-18-28(29)35-31(24)30;1-20(2)32(33)34-25-11-7-8-21(18-25)14-15-24-19-23-10-4-6-13-27(23)30-29-26-12-5-3-9-22(26)16-17-28(29)35-31(24)30/h3-14,17-19H,1,15-16H2,2H3;3-13,16-19H,1,14-15H2,2H3. The van der Waals surface area contributed by atoms with Gasteiger partial charge in [-0.05, 0) is 147 Å². The fourth-order valence-corrected chi connectivity index (χ4v) is 12.3. The largest absolute Gasteiger partial charge is 0.423 e. The Kier molecular flexibility index (Phi) is 12.0. The molecule has 0 atom stereocenters. The monoisotopic (exact) mass is 944 g/mol. The summed E-state index contributed by atoms with van der Waals surface area (Å²) >= 11 is 3.76. The molecule has 10 aromatic carbocycles. The normalized spacial score (nSPS) is 11.5. The zero-order valence-electron chi connectivity index (χ0n) is 39.0. The summed E-state index contributed by atoms with van der Waals surface area (Å²) in [6, 6.07) is 63.9. The van der Waals surface area contributed by atoms with Crippen LogP contribution in [0.5, 0.6) is 11.5 Å². The number of hydrogen-bond donors (Lipinski definition) is 0. The molecule has 0 saturated heterocycles. The fraction of sp³-hybridized carbons (Fsp3) is 0.0938. The van der Waals surface area contributed by atoms with E-state index < -0.39 is 5.97 Å². The summed E-state index contributed by atoms with van der Waals surface area (Å²) in [6.45, 7) is 10.7. The van der Waals surface area contributed by atoms with Crippen molar-refractivity contribution in [3.05, 3.63) is 229 Å². The molecule has 0 spiro atoms. The number of aryl methyl sites for hydroxylation is 4. The molecule has 0 N–H and O–H groups in total. The van der Waals surface area contributed by atoms with Gasteiger partial charge in [0.25, 0.3) is 0 Å². The number of carbonyl (C=O) groups is 2. The fourth-order valence-electron chi connectivity index (χ4n) is 9.79. The number of carbonyl (C=O) groups excluding carboxylic acids is 2. The quantitative estimate of drug-likeness (QED) is 0.0779. The van der Waals surface area contributed by atoms with Crippen molar-refractivity contribution in [3.63, 3.8) is 0 Å². The Morgan fingerprint density at radius 2 is 0.857 bits per heavy atom. The average Bonchev–Trinajstić information content (AvgIpc) is 3.99. The van der Waals surface area contributed by atoms with E-state index in [1.54, 1.807) is 13.8 Å². The lowest BCUT2D eigenvalue weighted by molar-refractivity contribution is -0.131. The number of fused-ring (bicyclic) bond motifs is 14. The molecule has 0 aliphatic rings. The number of para-hydroxylation sites is 1. The first-order chi connectivity index (χ1) is 34.2. The Hall–Kier alpha value is -7.90. The Morgan fingerprint density at radius 1 is 0.414 bits per heavy atom. The molecular weight excluding hydrogens is 897 g/mol. The van der Waals surface area contributed by atoms with Crippen molar-refractivity contribution < 1.29 is 19.1 Å². The van der Waals surface area contributed by atoms with Crippen LogP contribution >= 0.6 is 22.7 Å². The van der Waals surface area contributed by atoms with Crippen molar-refractivity contribution in [2.24, 2.45) is 0 Å². The van der Waals surface area contributed by atoms with E-state index in [4.69, 9.17) is 9.47 Å². The van der Waals surface area contributed by atoms with Gasteiger partial charge in [0.05, 0.1) is 0 Å². The van der Waals surface area contributed by atoms with Crippen LogP contribution in [-0.4, -0.2) is 11.9 Å². The molecule has 0 saturated carbocycles. The minimum absolute atomic E-state index is 0.387. The predicted molar refractivity (Wildman–Crippen MR) is 297 cm³/mol. The number of ether oxygens (including phenoxy) is 2. The molecule has 0 bridgehead atoms. The van der Waals surface area contributed by atoms with Gasteiger partial charge in [-0.15, -0.1) is 22.7 Å². The second-order valence-corrected chi connectivity index (χ2v) is 20.1. The zero-order chi connectivity index (χ0) is 47.9. The van der Waals surface area contributed by atoms with Crippen LogP contribution < -0.4 is 9.47 Å². The highest BCUT2D eigenvalue weighted by Crippen LogP contribution is 2.46. The predicted octanol–water partition coefficient (Wildman–Crippen LogP) is 17.3. The second-order valence-electron chi connectivity index (χ2n) is 18.0. The molecule has 6 heteroatoms. The Morgan fingerprint density at radius 3 is 1.40 bits per heavy atom. The summed E-state index contributed by atoms with van der Waals surface area (Å²) in [4.78, 5) is 24.1. The maximum Gasteiger partial charge on any atom is 0.338 e.